The van der Waals surface area contributed by atoms with Crippen LogP contribution in [0.3, 0.4) is 0 Å². The number of nitrogens with one attached hydrogen (secondary N) is 1. The van der Waals surface area contributed by atoms with Gasteiger partial charge in [-0.3, -0.25) is 4.79 Å². The predicted molar refractivity (Wildman–Crippen MR) is 81.3 cm³/mol. The minimum atomic E-state index is -1.03. The van der Waals surface area contributed by atoms with E-state index in [1.165, 1.54) is 18.5 Å². The van der Waals surface area contributed by atoms with Gasteiger partial charge in [0, 0.05) is 18.8 Å². The van der Waals surface area contributed by atoms with Crippen LogP contribution in [0.25, 0.3) is 5.69 Å². The molecule has 2 aromatic rings. The molecule has 7 heteroatoms. The van der Waals surface area contributed by atoms with Crippen LogP contribution < -0.4 is 5.32 Å². The standard InChI is InChI=1S/C16H19F2N3O2/c1-10(2)16(3,23)9-19-15(22)11-7-20-21(8-11)14-5-4-12(17)6-13(14)18/h4-8,10,23H,9H2,1-3H3,(H,19,22). The lowest BCUT2D eigenvalue weighted by molar-refractivity contribution is 0.0142. The Labute approximate surface area is 132 Å². The second-order valence-electron chi connectivity index (χ2n) is 5.96. The maximum Gasteiger partial charge on any atom is 0.254 e. The van der Waals surface area contributed by atoms with Gasteiger partial charge in [-0.25, -0.2) is 13.5 Å². The zero-order chi connectivity index (χ0) is 17.2. The van der Waals surface area contributed by atoms with E-state index in [1.54, 1.807) is 6.92 Å². The molecule has 23 heavy (non-hydrogen) atoms. The quantitative estimate of drug-likeness (QED) is 0.887. The third-order valence-electron chi connectivity index (χ3n) is 3.85. The van der Waals surface area contributed by atoms with Crippen LogP contribution in [0.15, 0.2) is 30.6 Å². The van der Waals surface area contributed by atoms with Crippen LogP contribution in [0.5, 0.6) is 0 Å². The van der Waals surface area contributed by atoms with Gasteiger partial charge in [-0.1, -0.05) is 13.8 Å². The number of halogens is 2. The smallest absolute Gasteiger partial charge is 0.254 e. The SMILES string of the molecule is CC(C)C(C)(O)CNC(=O)c1cnn(-c2ccc(F)cc2F)c1. The molecule has 1 heterocycles. The highest BCUT2D eigenvalue weighted by Crippen LogP contribution is 2.16. The summed E-state index contributed by atoms with van der Waals surface area (Å²) < 4.78 is 27.8. The van der Waals surface area contributed by atoms with E-state index in [9.17, 15) is 18.7 Å². The van der Waals surface area contributed by atoms with Crippen molar-refractivity contribution in [3.63, 3.8) is 0 Å². The molecule has 0 saturated carbocycles. The van der Waals surface area contributed by atoms with E-state index in [4.69, 9.17) is 0 Å². The van der Waals surface area contributed by atoms with Crippen LogP contribution in [-0.4, -0.2) is 32.9 Å². The number of nitrogens with zero attached hydrogens (tertiary/aromatic N) is 2. The lowest BCUT2D eigenvalue weighted by atomic mass is 9.92. The molecule has 1 aromatic heterocycles. The summed E-state index contributed by atoms with van der Waals surface area (Å²) in [6.07, 6.45) is 2.62. The number of amides is 1. The summed E-state index contributed by atoms with van der Waals surface area (Å²) in [4.78, 5) is 12.1. The van der Waals surface area contributed by atoms with E-state index < -0.39 is 23.1 Å². The van der Waals surface area contributed by atoms with Crippen LogP contribution in [0.1, 0.15) is 31.1 Å². The normalized spacial score (nSPS) is 13.9. The average Bonchev–Trinajstić information content (AvgIpc) is 2.94. The molecule has 1 amide bonds. The number of carbonyl (C=O) groups excluding carboxylic acids is 1. The summed E-state index contributed by atoms with van der Waals surface area (Å²) in [7, 11) is 0. The highest BCUT2D eigenvalue weighted by Gasteiger charge is 2.25. The molecule has 2 N–H and O–H groups in total. The van der Waals surface area contributed by atoms with Gasteiger partial charge in [-0.05, 0) is 25.0 Å². The van der Waals surface area contributed by atoms with Gasteiger partial charge in [0.05, 0.1) is 17.4 Å². The van der Waals surface area contributed by atoms with Crippen LogP contribution in [0.4, 0.5) is 8.78 Å². The Morgan fingerprint density at radius 3 is 2.74 bits per heavy atom. The van der Waals surface area contributed by atoms with Gasteiger partial charge in [0.25, 0.3) is 5.91 Å². The fourth-order valence-corrected chi connectivity index (χ4v) is 1.80. The van der Waals surface area contributed by atoms with Crippen molar-refractivity contribution < 1.29 is 18.7 Å². The van der Waals surface area contributed by atoms with Crippen molar-refractivity contribution in [3.8, 4) is 5.69 Å². The molecule has 2 rings (SSSR count). The topological polar surface area (TPSA) is 67.2 Å². The molecule has 1 unspecified atom stereocenters. The molecule has 0 fully saturated rings. The van der Waals surface area contributed by atoms with Gasteiger partial charge in [0.2, 0.25) is 0 Å². The molecule has 124 valence electrons. The molecule has 0 radical (unpaired) electrons. The lowest BCUT2D eigenvalue weighted by Gasteiger charge is -2.27. The Hall–Kier alpha value is -2.28. The Balaban J connectivity index is 2.11. The van der Waals surface area contributed by atoms with Crippen molar-refractivity contribution in [2.45, 2.75) is 26.4 Å². The zero-order valence-corrected chi connectivity index (χ0v) is 13.2. The summed E-state index contributed by atoms with van der Waals surface area (Å²) in [5.74, 6) is -1.92. The molecule has 0 aliphatic carbocycles. The first-order valence-corrected chi connectivity index (χ1v) is 7.21. The second-order valence-corrected chi connectivity index (χ2v) is 5.96. The molecule has 0 bridgehead atoms. The van der Waals surface area contributed by atoms with Crippen molar-refractivity contribution in [3.05, 3.63) is 47.8 Å². The maximum absolute atomic E-state index is 13.7. The minimum absolute atomic E-state index is 0.0289. The summed E-state index contributed by atoms with van der Waals surface area (Å²) in [6.45, 7) is 5.41. The van der Waals surface area contributed by atoms with E-state index in [0.29, 0.717) is 0 Å². The Morgan fingerprint density at radius 2 is 2.13 bits per heavy atom. The van der Waals surface area contributed by atoms with Gasteiger partial charge in [-0.2, -0.15) is 5.10 Å². The first kappa shape index (κ1) is 17.1. The van der Waals surface area contributed by atoms with Gasteiger partial charge >= 0.3 is 0 Å². The largest absolute Gasteiger partial charge is 0.388 e. The van der Waals surface area contributed by atoms with Crippen LogP contribution in [0.2, 0.25) is 0 Å². The molecular formula is C16H19F2N3O2. The minimum Gasteiger partial charge on any atom is -0.388 e. The number of aliphatic hydroxyl groups is 1. The zero-order valence-electron chi connectivity index (χ0n) is 13.2. The van der Waals surface area contributed by atoms with E-state index in [1.807, 2.05) is 13.8 Å². The lowest BCUT2D eigenvalue weighted by Crippen LogP contribution is -2.44. The van der Waals surface area contributed by atoms with E-state index in [2.05, 4.69) is 10.4 Å². The first-order chi connectivity index (χ1) is 10.7. The number of hydrogen-bond donors (Lipinski definition) is 2. The molecule has 0 saturated heterocycles. The monoisotopic (exact) mass is 323 g/mol. The summed E-state index contributed by atoms with van der Waals surface area (Å²) in [5.41, 5.74) is -0.776. The van der Waals surface area contributed by atoms with Crippen molar-refractivity contribution in [2.75, 3.05) is 6.54 Å². The maximum atomic E-state index is 13.7. The Kier molecular flexibility index (Phi) is 4.79. The van der Waals surface area contributed by atoms with Crippen molar-refractivity contribution in [1.82, 2.24) is 15.1 Å². The highest BCUT2D eigenvalue weighted by molar-refractivity contribution is 5.93. The van der Waals surface area contributed by atoms with Crippen molar-refractivity contribution in [2.24, 2.45) is 5.92 Å². The van der Waals surface area contributed by atoms with E-state index in [0.717, 1.165) is 16.8 Å². The van der Waals surface area contributed by atoms with Crippen LogP contribution in [-0.2, 0) is 0 Å². The third-order valence-corrected chi connectivity index (χ3v) is 3.85. The third kappa shape index (κ3) is 3.92. The number of hydrogen-bond acceptors (Lipinski definition) is 3. The van der Waals surface area contributed by atoms with Crippen molar-refractivity contribution >= 4 is 5.91 Å². The fraction of sp³-hybridized carbons (Fsp3) is 0.375. The molecular weight excluding hydrogens is 304 g/mol. The second kappa shape index (κ2) is 6.45. The predicted octanol–water partition coefficient (Wildman–Crippen LogP) is 2.29. The van der Waals surface area contributed by atoms with Crippen LogP contribution >= 0.6 is 0 Å². The van der Waals surface area contributed by atoms with Gasteiger partial charge in [-0.15, -0.1) is 0 Å². The highest BCUT2D eigenvalue weighted by atomic mass is 19.1. The number of benzene rings is 1. The molecule has 0 aliphatic rings. The van der Waals surface area contributed by atoms with Crippen LogP contribution in [0, 0.1) is 17.6 Å². The van der Waals surface area contributed by atoms with Gasteiger partial charge in [0.1, 0.15) is 11.5 Å². The average molecular weight is 323 g/mol. The number of carbonyl (C=O) groups is 1. The Morgan fingerprint density at radius 1 is 1.43 bits per heavy atom. The summed E-state index contributed by atoms with van der Waals surface area (Å²) in [5, 5.41) is 16.6. The summed E-state index contributed by atoms with van der Waals surface area (Å²) in [6, 6.07) is 3.10. The Bertz CT molecular complexity index is 711. The number of aromatic nitrogens is 2. The van der Waals surface area contributed by atoms with Crippen molar-refractivity contribution in [1.29, 1.82) is 0 Å². The number of rotatable bonds is 5. The molecule has 1 atom stereocenters. The molecule has 0 aliphatic heterocycles. The molecule has 1 aromatic carbocycles. The van der Waals surface area contributed by atoms with Gasteiger partial charge < -0.3 is 10.4 Å². The summed E-state index contributed by atoms with van der Waals surface area (Å²) >= 11 is 0. The van der Waals surface area contributed by atoms with E-state index >= 15 is 0 Å². The van der Waals surface area contributed by atoms with Gasteiger partial charge in [0.15, 0.2) is 5.82 Å². The molecule has 5 nitrogen and oxygen atoms in total. The fourth-order valence-electron chi connectivity index (χ4n) is 1.80. The molecule has 0 spiro atoms. The first-order valence-electron chi connectivity index (χ1n) is 7.21. The van der Waals surface area contributed by atoms with E-state index in [-0.39, 0.29) is 23.7 Å².